The second kappa shape index (κ2) is 3.52. The third kappa shape index (κ3) is 1.50. The number of aliphatic hydroxyl groups is 1. The molecule has 2 aliphatic carbocycles. The maximum Gasteiger partial charge on any atom is 0.0574 e. The molecular weight excluding hydrogens is 172 g/mol. The monoisotopic (exact) mass is 196 g/mol. The standard InChI is InChI=1S/C13H24O/c1-9-8-12(14)10-6-4-5-7-11(10)13(9,2)3/h9-12,14H,4-8H2,1-3H3/t9?,10?,11?,12-/m0/s1. The Morgan fingerprint density at radius 2 is 1.79 bits per heavy atom. The van der Waals surface area contributed by atoms with Crippen molar-refractivity contribution in [3.63, 3.8) is 0 Å². The minimum absolute atomic E-state index is 0.0108. The summed E-state index contributed by atoms with van der Waals surface area (Å²) in [5.74, 6) is 2.06. The van der Waals surface area contributed by atoms with E-state index in [-0.39, 0.29) is 6.10 Å². The molecule has 2 fully saturated rings. The summed E-state index contributed by atoms with van der Waals surface area (Å²) >= 11 is 0. The first-order valence-electron chi connectivity index (χ1n) is 6.21. The summed E-state index contributed by atoms with van der Waals surface area (Å²) in [6.07, 6.45) is 6.34. The topological polar surface area (TPSA) is 20.2 Å². The zero-order valence-corrected chi connectivity index (χ0v) is 9.79. The Balaban J connectivity index is 2.20. The lowest BCUT2D eigenvalue weighted by molar-refractivity contribution is -0.0856. The molecule has 0 aromatic rings. The molecule has 0 aromatic carbocycles. The average Bonchev–Trinajstić information content (AvgIpc) is 2.16. The molecule has 0 bridgehead atoms. The molecule has 2 aliphatic rings. The maximum atomic E-state index is 10.1. The van der Waals surface area contributed by atoms with Gasteiger partial charge in [-0.05, 0) is 42.4 Å². The van der Waals surface area contributed by atoms with Crippen molar-refractivity contribution in [3.8, 4) is 0 Å². The van der Waals surface area contributed by atoms with Gasteiger partial charge in [0, 0.05) is 0 Å². The second-order valence-corrected chi connectivity index (χ2v) is 6.08. The van der Waals surface area contributed by atoms with E-state index in [0.717, 1.165) is 12.3 Å². The highest BCUT2D eigenvalue weighted by Gasteiger charge is 2.47. The maximum absolute atomic E-state index is 10.1. The molecule has 0 aromatic heterocycles. The number of hydrogen-bond donors (Lipinski definition) is 1. The summed E-state index contributed by atoms with van der Waals surface area (Å²) in [5.41, 5.74) is 0.449. The highest BCUT2D eigenvalue weighted by Crippen LogP contribution is 2.53. The fraction of sp³-hybridized carbons (Fsp3) is 1.00. The van der Waals surface area contributed by atoms with E-state index < -0.39 is 0 Å². The molecule has 14 heavy (non-hydrogen) atoms. The Morgan fingerprint density at radius 1 is 1.14 bits per heavy atom. The van der Waals surface area contributed by atoms with Gasteiger partial charge in [0.25, 0.3) is 0 Å². The van der Waals surface area contributed by atoms with E-state index in [9.17, 15) is 5.11 Å². The van der Waals surface area contributed by atoms with Crippen molar-refractivity contribution in [2.45, 2.75) is 59.0 Å². The molecule has 3 unspecified atom stereocenters. The van der Waals surface area contributed by atoms with Crippen molar-refractivity contribution >= 4 is 0 Å². The van der Waals surface area contributed by atoms with Crippen LogP contribution >= 0.6 is 0 Å². The van der Waals surface area contributed by atoms with Gasteiger partial charge in [-0.1, -0.05) is 33.6 Å². The predicted molar refractivity (Wildman–Crippen MR) is 59.0 cm³/mol. The predicted octanol–water partition coefficient (Wildman–Crippen LogP) is 3.22. The Hall–Kier alpha value is -0.0400. The molecule has 1 N–H and O–H groups in total. The summed E-state index contributed by atoms with van der Waals surface area (Å²) in [6.45, 7) is 7.13. The largest absolute Gasteiger partial charge is 0.393 e. The summed E-state index contributed by atoms with van der Waals surface area (Å²) < 4.78 is 0. The lowest BCUT2D eigenvalue weighted by atomic mass is 9.54. The first-order valence-corrected chi connectivity index (χ1v) is 6.21. The molecule has 0 heterocycles. The SMILES string of the molecule is CC1C[C@H](O)C2CCCCC2C1(C)C. The lowest BCUT2D eigenvalue weighted by Gasteiger charge is -2.52. The molecule has 1 heteroatoms. The second-order valence-electron chi connectivity index (χ2n) is 6.08. The summed E-state index contributed by atoms with van der Waals surface area (Å²) in [4.78, 5) is 0. The van der Waals surface area contributed by atoms with Gasteiger partial charge in [0.15, 0.2) is 0 Å². The van der Waals surface area contributed by atoms with E-state index in [1.54, 1.807) is 0 Å². The van der Waals surface area contributed by atoms with Crippen molar-refractivity contribution in [2.75, 3.05) is 0 Å². The molecule has 82 valence electrons. The van der Waals surface area contributed by atoms with Crippen LogP contribution in [-0.2, 0) is 0 Å². The molecule has 4 atom stereocenters. The van der Waals surface area contributed by atoms with Gasteiger partial charge < -0.3 is 5.11 Å². The van der Waals surface area contributed by atoms with E-state index in [4.69, 9.17) is 0 Å². The first kappa shape index (κ1) is 10.5. The Kier molecular flexibility index (Phi) is 2.63. The minimum atomic E-state index is -0.0108. The van der Waals surface area contributed by atoms with Crippen LogP contribution in [0, 0.1) is 23.2 Å². The molecule has 1 nitrogen and oxygen atoms in total. The fourth-order valence-electron chi connectivity index (χ4n) is 3.75. The Morgan fingerprint density at radius 3 is 2.50 bits per heavy atom. The Labute approximate surface area is 87.9 Å². The molecule has 0 aliphatic heterocycles. The molecule has 2 saturated carbocycles. The molecule has 0 radical (unpaired) electrons. The van der Waals surface area contributed by atoms with Crippen LogP contribution in [0.2, 0.25) is 0 Å². The van der Waals surface area contributed by atoms with Crippen LogP contribution in [0.25, 0.3) is 0 Å². The van der Waals surface area contributed by atoms with E-state index in [1.807, 2.05) is 0 Å². The average molecular weight is 196 g/mol. The quantitative estimate of drug-likeness (QED) is 0.630. The van der Waals surface area contributed by atoms with Crippen LogP contribution < -0.4 is 0 Å². The van der Waals surface area contributed by atoms with Gasteiger partial charge in [0.1, 0.15) is 0 Å². The van der Waals surface area contributed by atoms with Crippen LogP contribution in [0.5, 0.6) is 0 Å². The third-order valence-corrected chi connectivity index (χ3v) is 5.13. The highest BCUT2D eigenvalue weighted by atomic mass is 16.3. The van der Waals surface area contributed by atoms with Gasteiger partial charge >= 0.3 is 0 Å². The molecule has 0 amide bonds. The van der Waals surface area contributed by atoms with Gasteiger partial charge in [0.05, 0.1) is 6.10 Å². The van der Waals surface area contributed by atoms with Crippen LogP contribution in [-0.4, -0.2) is 11.2 Å². The zero-order chi connectivity index (χ0) is 10.3. The highest BCUT2D eigenvalue weighted by molar-refractivity contribution is 4.97. The number of hydrogen-bond acceptors (Lipinski definition) is 1. The van der Waals surface area contributed by atoms with Gasteiger partial charge in [-0.25, -0.2) is 0 Å². The summed E-state index contributed by atoms with van der Waals surface area (Å²) in [5, 5.41) is 10.1. The van der Waals surface area contributed by atoms with E-state index in [1.165, 1.54) is 25.7 Å². The van der Waals surface area contributed by atoms with Crippen molar-refractivity contribution in [1.29, 1.82) is 0 Å². The number of fused-ring (bicyclic) bond motifs is 1. The zero-order valence-electron chi connectivity index (χ0n) is 9.79. The molecule has 0 spiro atoms. The fourth-order valence-corrected chi connectivity index (χ4v) is 3.75. The molecular formula is C13H24O. The van der Waals surface area contributed by atoms with Crippen molar-refractivity contribution in [2.24, 2.45) is 23.2 Å². The summed E-state index contributed by atoms with van der Waals surface area (Å²) in [6, 6.07) is 0. The van der Waals surface area contributed by atoms with Gasteiger partial charge in [-0.2, -0.15) is 0 Å². The first-order chi connectivity index (χ1) is 6.53. The third-order valence-electron chi connectivity index (χ3n) is 5.13. The van der Waals surface area contributed by atoms with E-state index in [0.29, 0.717) is 17.3 Å². The molecule has 0 saturated heterocycles. The smallest absolute Gasteiger partial charge is 0.0574 e. The van der Waals surface area contributed by atoms with Crippen LogP contribution in [0.3, 0.4) is 0 Å². The number of rotatable bonds is 0. The van der Waals surface area contributed by atoms with Crippen molar-refractivity contribution in [1.82, 2.24) is 0 Å². The number of aliphatic hydroxyl groups excluding tert-OH is 1. The minimum Gasteiger partial charge on any atom is -0.393 e. The summed E-state index contributed by atoms with van der Waals surface area (Å²) in [7, 11) is 0. The molecule has 2 rings (SSSR count). The normalized spacial score (nSPS) is 47.1. The van der Waals surface area contributed by atoms with Crippen LogP contribution in [0.15, 0.2) is 0 Å². The van der Waals surface area contributed by atoms with Crippen LogP contribution in [0.4, 0.5) is 0 Å². The van der Waals surface area contributed by atoms with E-state index in [2.05, 4.69) is 20.8 Å². The van der Waals surface area contributed by atoms with E-state index >= 15 is 0 Å². The van der Waals surface area contributed by atoms with Crippen LogP contribution in [0.1, 0.15) is 52.9 Å². The van der Waals surface area contributed by atoms with Gasteiger partial charge in [-0.3, -0.25) is 0 Å². The van der Waals surface area contributed by atoms with Gasteiger partial charge in [0.2, 0.25) is 0 Å². The van der Waals surface area contributed by atoms with Crippen molar-refractivity contribution < 1.29 is 5.11 Å². The lowest BCUT2D eigenvalue weighted by Crippen LogP contribution is -2.48. The Bertz CT molecular complexity index is 209. The van der Waals surface area contributed by atoms with Crippen molar-refractivity contribution in [3.05, 3.63) is 0 Å². The van der Waals surface area contributed by atoms with Gasteiger partial charge in [-0.15, -0.1) is 0 Å².